The maximum Gasteiger partial charge on any atom is 0.234 e. The van der Waals surface area contributed by atoms with Gasteiger partial charge in [0.05, 0.1) is 34.3 Å². The van der Waals surface area contributed by atoms with Crippen LogP contribution in [0.3, 0.4) is 0 Å². The number of piperidine rings is 1. The molecule has 0 spiro atoms. The Kier molecular flexibility index (Phi) is 4.98. The number of benzene rings is 1. The molecule has 6 nitrogen and oxygen atoms in total. The second-order valence-corrected chi connectivity index (χ2v) is 10.5. The van der Waals surface area contributed by atoms with Crippen LogP contribution in [0.4, 0.5) is 0 Å². The number of carbonyl (C=O) groups excluding carboxylic acids is 1. The van der Waals surface area contributed by atoms with Gasteiger partial charge in [-0.05, 0) is 37.9 Å². The highest BCUT2D eigenvalue weighted by Crippen LogP contribution is 2.35. The summed E-state index contributed by atoms with van der Waals surface area (Å²) >= 11 is 1.70. The average Bonchev–Trinajstić information content (AvgIpc) is 3.18. The number of sulfone groups is 1. The van der Waals surface area contributed by atoms with E-state index in [1.54, 1.807) is 11.3 Å². The third-order valence-electron chi connectivity index (χ3n) is 5.15. The van der Waals surface area contributed by atoms with E-state index in [1.807, 2.05) is 18.2 Å². The van der Waals surface area contributed by atoms with Crippen molar-refractivity contribution in [1.29, 1.82) is 0 Å². The number of para-hydroxylation sites is 1. The van der Waals surface area contributed by atoms with E-state index in [4.69, 9.17) is 4.98 Å². The second-order valence-electron chi connectivity index (χ2n) is 7.17. The summed E-state index contributed by atoms with van der Waals surface area (Å²) in [4.78, 5) is 19.4. The van der Waals surface area contributed by atoms with Gasteiger partial charge in [0, 0.05) is 6.04 Å². The quantitative estimate of drug-likeness (QED) is 0.861. The zero-order valence-corrected chi connectivity index (χ0v) is 16.2. The summed E-state index contributed by atoms with van der Waals surface area (Å²) in [5.41, 5.74) is 1.01. The Labute approximate surface area is 157 Å². The third-order valence-corrected chi connectivity index (χ3v) is 8.06. The van der Waals surface area contributed by atoms with Gasteiger partial charge < -0.3 is 5.32 Å². The predicted octanol–water partition coefficient (Wildman–Crippen LogP) is 2.13. The van der Waals surface area contributed by atoms with Crippen LogP contribution in [-0.4, -0.2) is 54.8 Å². The summed E-state index contributed by atoms with van der Waals surface area (Å²) in [6.07, 6.45) is 3.74. The lowest BCUT2D eigenvalue weighted by atomic mass is 10.0. The Bertz CT molecular complexity index is 876. The van der Waals surface area contributed by atoms with Crippen molar-refractivity contribution in [3.05, 3.63) is 29.3 Å². The van der Waals surface area contributed by atoms with E-state index in [0.717, 1.165) is 36.3 Å². The van der Waals surface area contributed by atoms with Crippen LogP contribution >= 0.6 is 11.3 Å². The lowest BCUT2D eigenvalue weighted by Gasteiger charge is -2.34. The molecule has 4 rings (SSSR count). The minimum absolute atomic E-state index is 0.0695. The molecule has 2 aromatic rings. The van der Waals surface area contributed by atoms with Crippen LogP contribution in [0.5, 0.6) is 0 Å². The smallest absolute Gasteiger partial charge is 0.234 e. The highest BCUT2D eigenvalue weighted by molar-refractivity contribution is 7.91. The molecular weight excluding hydrogens is 370 g/mol. The molecule has 0 saturated carbocycles. The SMILES string of the molecule is O=C(CN1CCCC[C@@H]1c1nc2ccccc2s1)N[C@H]1CCS(=O)(=O)C1. The van der Waals surface area contributed by atoms with Crippen molar-refractivity contribution in [2.75, 3.05) is 24.6 Å². The van der Waals surface area contributed by atoms with Crippen molar-refractivity contribution in [3.8, 4) is 0 Å². The number of nitrogens with one attached hydrogen (secondary N) is 1. The van der Waals surface area contributed by atoms with Gasteiger partial charge in [0.15, 0.2) is 9.84 Å². The molecule has 1 N–H and O–H groups in total. The first-order valence-electron chi connectivity index (χ1n) is 9.09. The molecule has 1 aromatic heterocycles. The fraction of sp³-hybridized carbons (Fsp3) is 0.556. The standard InChI is InChI=1S/C18H23N3O3S2/c22-17(19-13-8-10-26(23,24)12-13)11-21-9-4-3-6-15(21)18-20-14-5-1-2-7-16(14)25-18/h1-2,5,7,13,15H,3-4,6,8-12H2,(H,19,22)/t13-,15+/m0/s1. The lowest BCUT2D eigenvalue weighted by Crippen LogP contribution is -2.45. The first-order chi connectivity index (χ1) is 12.5. The first kappa shape index (κ1) is 17.9. The maximum absolute atomic E-state index is 12.5. The Balaban J connectivity index is 1.44. The monoisotopic (exact) mass is 393 g/mol. The number of carbonyl (C=O) groups is 1. The van der Waals surface area contributed by atoms with Gasteiger partial charge >= 0.3 is 0 Å². The van der Waals surface area contributed by atoms with Crippen LogP contribution < -0.4 is 5.32 Å². The molecule has 8 heteroatoms. The van der Waals surface area contributed by atoms with E-state index in [1.165, 1.54) is 4.70 Å². The summed E-state index contributed by atoms with van der Waals surface area (Å²) < 4.78 is 24.3. The van der Waals surface area contributed by atoms with E-state index < -0.39 is 9.84 Å². The summed E-state index contributed by atoms with van der Waals surface area (Å²) in [6, 6.07) is 8.05. The van der Waals surface area contributed by atoms with Crippen LogP contribution in [0, 0.1) is 0 Å². The lowest BCUT2D eigenvalue weighted by molar-refractivity contribution is -0.123. The molecule has 0 aliphatic carbocycles. The first-order valence-corrected chi connectivity index (χ1v) is 11.7. The molecule has 26 heavy (non-hydrogen) atoms. The van der Waals surface area contributed by atoms with Crippen LogP contribution in [0.1, 0.15) is 36.7 Å². The fourth-order valence-electron chi connectivity index (χ4n) is 3.86. The highest BCUT2D eigenvalue weighted by Gasteiger charge is 2.31. The van der Waals surface area contributed by atoms with Gasteiger partial charge in [0.25, 0.3) is 0 Å². The molecule has 2 fully saturated rings. The largest absolute Gasteiger partial charge is 0.351 e. The number of fused-ring (bicyclic) bond motifs is 1. The molecular formula is C18H23N3O3S2. The average molecular weight is 394 g/mol. The molecule has 0 unspecified atom stereocenters. The minimum atomic E-state index is -2.98. The van der Waals surface area contributed by atoms with Crippen molar-refractivity contribution in [1.82, 2.24) is 15.2 Å². The van der Waals surface area contributed by atoms with Crippen molar-refractivity contribution in [2.24, 2.45) is 0 Å². The van der Waals surface area contributed by atoms with Crippen molar-refractivity contribution in [3.63, 3.8) is 0 Å². The van der Waals surface area contributed by atoms with E-state index in [9.17, 15) is 13.2 Å². The van der Waals surface area contributed by atoms with Gasteiger partial charge in [-0.2, -0.15) is 0 Å². The maximum atomic E-state index is 12.5. The fourth-order valence-corrected chi connectivity index (χ4v) is 6.67. The van der Waals surface area contributed by atoms with Crippen LogP contribution in [0.15, 0.2) is 24.3 Å². The van der Waals surface area contributed by atoms with Crippen LogP contribution in [0.2, 0.25) is 0 Å². The van der Waals surface area contributed by atoms with E-state index in [2.05, 4.69) is 16.3 Å². The van der Waals surface area contributed by atoms with Crippen molar-refractivity contribution >= 4 is 37.3 Å². The molecule has 1 amide bonds. The number of rotatable bonds is 4. The Hall–Kier alpha value is -1.51. The second kappa shape index (κ2) is 7.25. The number of amides is 1. The summed E-state index contributed by atoms with van der Waals surface area (Å²) in [5.74, 6) is 0.163. The van der Waals surface area contributed by atoms with E-state index in [0.29, 0.717) is 13.0 Å². The van der Waals surface area contributed by atoms with Gasteiger partial charge in [-0.1, -0.05) is 18.6 Å². The Morgan fingerprint density at radius 2 is 2.12 bits per heavy atom. The van der Waals surface area contributed by atoms with Gasteiger partial charge in [0.1, 0.15) is 5.01 Å². The van der Waals surface area contributed by atoms with E-state index in [-0.39, 0.29) is 29.5 Å². The molecule has 1 aromatic carbocycles. The van der Waals surface area contributed by atoms with Crippen molar-refractivity contribution < 1.29 is 13.2 Å². The number of nitrogens with zero attached hydrogens (tertiary/aromatic N) is 2. The molecule has 0 bridgehead atoms. The Morgan fingerprint density at radius 3 is 2.88 bits per heavy atom. The third kappa shape index (κ3) is 3.92. The Morgan fingerprint density at radius 1 is 1.27 bits per heavy atom. The van der Waals surface area contributed by atoms with Crippen LogP contribution in [0.25, 0.3) is 10.2 Å². The molecule has 2 atom stereocenters. The van der Waals surface area contributed by atoms with Crippen molar-refractivity contribution in [2.45, 2.75) is 37.8 Å². The van der Waals surface area contributed by atoms with Gasteiger partial charge in [-0.3, -0.25) is 9.69 Å². The zero-order valence-electron chi connectivity index (χ0n) is 14.6. The predicted molar refractivity (Wildman–Crippen MR) is 103 cm³/mol. The highest BCUT2D eigenvalue weighted by atomic mass is 32.2. The molecule has 2 aliphatic rings. The topological polar surface area (TPSA) is 79.4 Å². The van der Waals surface area contributed by atoms with Crippen LogP contribution in [-0.2, 0) is 14.6 Å². The zero-order chi connectivity index (χ0) is 18.1. The van der Waals surface area contributed by atoms with E-state index >= 15 is 0 Å². The molecule has 3 heterocycles. The summed E-state index contributed by atoms with van der Waals surface area (Å²) in [6.45, 7) is 1.17. The number of hydrogen-bond acceptors (Lipinski definition) is 6. The number of hydrogen-bond donors (Lipinski definition) is 1. The normalized spacial score (nSPS) is 26.2. The number of aromatic nitrogens is 1. The van der Waals surface area contributed by atoms with Gasteiger partial charge in [-0.15, -0.1) is 11.3 Å². The molecule has 140 valence electrons. The summed E-state index contributed by atoms with van der Waals surface area (Å²) in [7, 11) is -2.98. The minimum Gasteiger partial charge on any atom is -0.351 e. The molecule has 0 radical (unpaired) electrons. The molecule has 2 saturated heterocycles. The van der Waals surface area contributed by atoms with Gasteiger partial charge in [-0.25, -0.2) is 13.4 Å². The number of likely N-dealkylation sites (tertiary alicyclic amines) is 1. The summed E-state index contributed by atoms with van der Waals surface area (Å²) in [5, 5.41) is 3.98. The molecule has 2 aliphatic heterocycles. The number of thiazole rings is 1. The van der Waals surface area contributed by atoms with Gasteiger partial charge in [0.2, 0.25) is 5.91 Å².